The number of hydrogen-bond acceptors (Lipinski definition) is 5. The summed E-state index contributed by atoms with van der Waals surface area (Å²) in [5.74, 6) is 2.24. The van der Waals surface area contributed by atoms with E-state index in [0.717, 1.165) is 49.5 Å². The van der Waals surface area contributed by atoms with E-state index in [4.69, 9.17) is 18.9 Å². The molecule has 1 atom stereocenters. The second kappa shape index (κ2) is 13.7. The molecule has 1 aromatic rings. The summed E-state index contributed by atoms with van der Waals surface area (Å²) < 4.78 is 22.7. The molecule has 1 saturated heterocycles. The molecule has 162 valence electrons. The van der Waals surface area contributed by atoms with Crippen LogP contribution in [0.1, 0.15) is 25.7 Å². The van der Waals surface area contributed by atoms with Gasteiger partial charge in [0, 0.05) is 44.5 Å². The van der Waals surface area contributed by atoms with Crippen molar-refractivity contribution >= 4 is 35.6 Å². The zero-order valence-corrected chi connectivity index (χ0v) is 19.2. The average Bonchev–Trinajstić information content (AvgIpc) is 3.12. The third kappa shape index (κ3) is 8.39. The molecule has 3 rings (SSSR count). The quantitative estimate of drug-likeness (QED) is 0.172. The van der Waals surface area contributed by atoms with Gasteiger partial charge in [0.2, 0.25) is 0 Å². The number of nitrogens with zero attached hydrogens (tertiary/aromatic N) is 1. The molecular formula is C21H32IN3O4. The highest BCUT2D eigenvalue weighted by Gasteiger charge is 2.15. The Kier molecular flexibility index (Phi) is 11.2. The van der Waals surface area contributed by atoms with Gasteiger partial charge in [-0.3, -0.25) is 4.99 Å². The first-order valence-corrected chi connectivity index (χ1v) is 10.1. The van der Waals surface area contributed by atoms with Gasteiger partial charge in [-0.25, -0.2) is 0 Å². The number of nitrogens with one attached hydrogen (secondary N) is 2. The topological polar surface area (TPSA) is 73.3 Å². The van der Waals surface area contributed by atoms with E-state index < -0.39 is 0 Å². The number of guanidine groups is 1. The number of rotatable bonds is 9. The van der Waals surface area contributed by atoms with Crippen molar-refractivity contribution in [3.05, 3.63) is 30.9 Å². The molecule has 1 aromatic carbocycles. The third-order valence-electron chi connectivity index (χ3n) is 4.47. The van der Waals surface area contributed by atoms with Gasteiger partial charge >= 0.3 is 0 Å². The van der Waals surface area contributed by atoms with Gasteiger partial charge in [-0.15, -0.1) is 30.6 Å². The smallest absolute Gasteiger partial charge is 0.196 e. The number of ether oxygens (including phenoxy) is 4. The number of fused-ring (bicyclic) bond motifs is 1. The predicted molar refractivity (Wildman–Crippen MR) is 126 cm³/mol. The fourth-order valence-corrected chi connectivity index (χ4v) is 3.03. The molecule has 2 heterocycles. The molecule has 1 fully saturated rings. The summed E-state index contributed by atoms with van der Waals surface area (Å²) in [4.78, 5) is 4.62. The lowest BCUT2D eigenvalue weighted by molar-refractivity contribution is 0.0171. The minimum atomic E-state index is 0. The molecule has 2 N–H and O–H groups in total. The number of hydrogen-bond donors (Lipinski definition) is 2. The molecule has 0 radical (unpaired) electrons. The molecular weight excluding hydrogens is 485 g/mol. The summed E-state index contributed by atoms with van der Waals surface area (Å²) in [6.07, 6.45) is 6.06. The van der Waals surface area contributed by atoms with Crippen LogP contribution in [0.3, 0.4) is 0 Å². The lowest BCUT2D eigenvalue weighted by Crippen LogP contribution is -2.31. The monoisotopic (exact) mass is 517 g/mol. The zero-order chi connectivity index (χ0) is 19.4. The van der Waals surface area contributed by atoms with E-state index in [1.807, 2.05) is 18.2 Å². The Labute approximate surface area is 190 Å². The minimum Gasteiger partial charge on any atom is -0.490 e. The SMILES string of the molecule is C=CCNC(=NCCCOCC1CCCO1)Nc1ccc2c(c1)OCCCO2.I. The maximum Gasteiger partial charge on any atom is 0.196 e. The van der Waals surface area contributed by atoms with Crippen LogP contribution < -0.4 is 20.1 Å². The average molecular weight is 517 g/mol. The summed E-state index contributed by atoms with van der Waals surface area (Å²) in [6, 6.07) is 5.83. The lowest BCUT2D eigenvalue weighted by atomic mass is 10.2. The molecule has 29 heavy (non-hydrogen) atoms. The summed E-state index contributed by atoms with van der Waals surface area (Å²) in [5.41, 5.74) is 0.897. The summed E-state index contributed by atoms with van der Waals surface area (Å²) in [5, 5.41) is 6.55. The maximum absolute atomic E-state index is 5.75. The van der Waals surface area contributed by atoms with E-state index >= 15 is 0 Å². The number of halogens is 1. The molecule has 0 amide bonds. The number of benzene rings is 1. The van der Waals surface area contributed by atoms with Gasteiger partial charge in [-0.1, -0.05) is 6.08 Å². The molecule has 0 bridgehead atoms. The third-order valence-corrected chi connectivity index (χ3v) is 4.47. The molecule has 8 heteroatoms. The van der Waals surface area contributed by atoms with Crippen LogP contribution >= 0.6 is 24.0 Å². The van der Waals surface area contributed by atoms with Gasteiger partial charge in [0.1, 0.15) is 0 Å². The Balaban J connectivity index is 0.00000300. The van der Waals surface area contributed by atoms with Gasteiger partial charge in [0.15, 0.2) is 17.5 Å². The molecule has 0 aromatic heterocycles. The van der Waals surface area contributed by atoms with Gasteiger partial charge in [0.25, 0.3) is 0 Å². The van der Waals surface area contributed by atoms with Gasteiger partial charge in [-0.2, -0.15) is 0 Å². The molecule has 2 aliphatic heterocycles. The molecule has 7 nitrogen and oxygen atoms in total. The standard InChI is InChI=1S/C21H31N3O4.HI/c1-2-9-22-21(23-10-4-11-25-16-18-6-3-12-26-18)24-17-7-8-19-20(15-17)28-14-5-13-27-19;/h2,7-8,15,18H,1,3-6,9-14,16H2,(H2,22,23,24);1H. The van der Waals surface area contributed by atoms with Gasteiger partial charge in [0.05, 0.1) is 25.9 Å². The highest BCUT2D eigenvalue weighted by atomic mass is 127. The number of aliphatic imine (C=N–C) groups is 1. The highest BCUT2D eigenvalue weighted by Crippen LogP contribution is 2.32. The maximum atomic E-state index is 5.75. The van der Waals surface area contributed by atoms with Crippen molar-refractivity contribution in [3.8, 4) is 11.5 Å². The van der Waals surface area contributed by atoms with Crippen molar-refractivity contribution in [2.24, 2.45) is 4.99 Å². The largest absolute Gasteiger partial charge is 0.490 e. The highest BCUT2D eigenvalue weighted by molar-refractivity contribution is 14.0. The Morgan fingerprint density at radius 3 is 2.86 bits per heavy atom. The molecule has 2 aliphatic rings. The van der Waals surface area contributed by atoms with Crippen molar-refractivity contribution in [2.75, 3.05) is 51.4 Å². The second-order valence-electron chi connectivity index (χ2n) is 6.80. The van der Waals surface area contributed by atoms with Crippen molar-refractivity contribution < 1.29 is 18.9 Å². The van der Waals surface area contributed by atoms with Crippen LogP contribution in [-0.4, -0.2) is 58.2 Å². The fraction of sp³-hybridized carbons (Fsp3) is 0.571. The van der Waals surface area contributed by atoms with Crippen LogP contribution in [0.5, 0.6) is 11.5 Å². The van der Waals surface area contributed by atoms with Crippen LogP contribution in [0.25, 0.3) is 0 Å². The van der Waals surface area contributed by atoms with E-state index in [1.165, 1.54) is 0 Å². The lowest BCUT2D eigenvalue weighted by Gasteiger charge is -2.14. The van der Waals surface area contributed by atoms with E-state index in [9.17, 15) is 0 Å². The second-order valence-corrected chi connectivity index (χ2v) is 6.80. The van der Waals surface area contributed by atoms with Crippen molar-refractivity contribution in [3.63, 3.8) is 0 Å². The van der Waals surface area contributed by atoms with Crippen LogP contribution in [0.4, 0.5) is 5.69 Å². The Bertz CT molecular complexity index is 651. The van der Waals surface area contributed by atoms with Crippen LogP contribution in [0.15, 0.2) is 35.8 Å². The Hall–Kier alpha value is -1.52. The summed E-state index contributed by atoms with van der Waals surface area (Å²) in [7, 11) is 0. The minimum absolute atomic E-state index is 0. The van der Waals surface area contributed by atoms with Crippen molar-refractivity contribution in [1.82, 2.24) is 5.32 Å². The first-order chi connectivity index (χ1) is 13.8. The number of anilines is 1. The molecule has 1 unspecified atom stereocenters. The van der Waals surface area contributed by atoms with Crippen molar-refractivity contribution in [1.29, 1.82) is 0 Å². The molecule has 0 saturated carbocycles. The molecule has 0 aliphatic carbocycles. The Morgan fingerprint density at radius 2 is 2.07 bits per heavy atom. The van der Waals surface area contributed by atoms with E-state index in [0.29, 0.717) is 45.5 Å². The zero-order valence-electron chi connectivity index (χ0n) is 16.9. The summed E-state index contributed by atoms with van der Waals surface area (Å²) >= 11 is 0. The first-order valence-electron chi connectivity index (χ1n) is 10.1. The van der Waals surface area contributed by atoms with E-state index in [2.05, 4.69) is 22.2 Å². The molecule has 0 spiro atoms. The first kappa shape index (κ1) is 23.8. The fourth-order valence-electron chi connectivity index (χ4n) is 3.03. The van der Waals surface area contributed by atoms with Crippen molar-refractivity contribution in [2.45, 2.75) is 31.8 Å². The van der Waals surface area contributed by atoms with Crippen LogP contribution in [0.2, 0.25) is 0 Å². The van der Waals surface area contributed by atoms with Crippen LogP contribution in [0, 0.1) is 0 Å². The van der Waals surface area contributed by atoms with Gasteiger partial charge in [-0.05, 0) is 31.4 Å². The predicted octanol–water partition coefficient (Wildman–Crippen LogP) is 3.60. The normalized spacial score (nSPS) is 18.5. The van der Waals surface area contributed by atoms with E-state index in [-0.39, 0.29) is 30.1 Å². The van der Waals surface area contributed by atoms with Crippen LogP contribution in [-0.2, 0) is 9.47 Å². The van der Waals surface area contributed by atoms with Gasteiger partial charge < -0.3 is 29.6 Å². The van der Waals surface area contributed by atoms with E-state index in [1.54, 1.807) is 6.08 Å². The summed E-state index contributed by atoms with van der Waals surface area (Å²) in [6.45, 7) is 8.63. The Morgan fingerprint density at radius 1 is 1.21 bits per heavy atom.